The number of aryl methyl sites for hydroxylation is 2. The lowest BCUT2D eigenvalue weighted by Crippen LogP contribution is -2.43. The molecule has 1 saturated heterocycles. The molecule has 4 rings (SSSR count). The van der Waals surface area contributed by atoms with Crippen LogP contribution in [0.3, 0.4) is 0 Å². The fourth-order valence-corrected chi connectivity index (χ4v) is 3.48. The first-order valence-electron chi connectivity index (χ1n) is 9.03. The molecule has 0 aliphatic carbocycles. The van der Waals surface area contributed by atoms with Gasteiger partial charge in [-0.25, -0.2) is 4.90 Å². The van der Waals surface area contributed by atoms with Gasteiger partial charge in [-0.05, 0) is 61.4 Å². The van der Waals surface area contributed by atoms with Gasteiger partial charge in [0.15, 0.2) is 12.1 Å². The quantitative estimate of drug-likeness (QED) is 0.782. The van der Waals surface area contributed by atoms with Crippen molar-refractivity contribution in [3.05, 3.63) is 58.6 Å². The van der Waals surface area contributed by atoms with Crippen molar-refractivity contribution in [3.63, 3.8) is 0 Å². The minimum absolute atomic E-state index is 0.201. The second-order valence-electron chi connectivity index (χ2n) is 7.03. The number of hydrogen-bond donors (Lipinski definition) is 1. The van der Waals surface area contributed by atoms with Crippen molar-refractivity contribution in [1.82, 2.24) is 5.01 Å². The van der Waals surface area contributed by atoms with E-state index in [9.17, 15) is 14.4 Å². The van der Waals surface area contributed by atoms with E-state index in [0.29, 0.717) is 16.4 Å². The zero-order valence-corrected chi connectivity index (χ0v) is 16.6. The minimum atomic E-state index is -0.938. The standard InChI is InChI=1S/C20H18ClN5O3/c1-11-3-8-15(9-12(11)2)26-19(28)17-18(20(26)29)25(24-23-17)10-16(27)22-14-6-4-13(21)5-7-14/h3-9,17-18H,10H2,1-2H3,(H,22,27)/t17-,18+/m1/s1. The number of nitrogens with zero attached hydrogens (tertiary/aromatic N) is 4. The molecule has 0 spiro atoms. The lowest BCUT2D eigenvalue weighted by Gasteiger charge is -2.20. The Morgan fingerprint density at radius 2 is 1.79 bits per heavy atom. The number of nitrogens with one attached hydrogen (secondary N) is 1. The summed E-state index contributed by atoms with van der Waals surface area (Å²) in [6, 6.07) is 10.2. The molecule has 0 unspecified atom stereocenters. The van der Waals surface area contributed by atoms with E-state index in [4.69, 9.17) is 11.6 Å². The second kappa shape index (κ2) is 7.29. The molecule has 0 saturated carbocycles. The van der Waals surface area contributed by atoms with Crippen LogP contribution in [0, 0.1) is 13.8 Å². The molecule has 9 heteroatoms. The predicted octanol–water partition coefficient (Wildman–Crippen LogP) is 2.89. The van der Waals surface area contributed by atoms with E-state index in [1.807, 2.05) is 19.9 Å². The first-order valence-corrected chi connectivity index (χ1v) is 9.41. The lowest BCUT2D eigenvalue weighted by molar-refractivity contribution is -0.123. The van der Waals surface area contributed by atoms with Crippen molar-refractivity contribution >= 4 is 40.7 Å². The van der Waals surface area contributed by atoms with Gasteiger partial charge >= 0.3 is 0 Å². The van der Waals surface area contributed by atoms with Crippen LogP contribution >= 0.6 is 11.6 Å². The number of fused-ring (bicyclic) bond motifs is 1. The molecule has 2 aliphatic rings. The van der Waals surface area contributed by atoms with Crippen LogP contribution in [0.15, 0.2) is 52.8 Å². The first kappa shape index (κ1) is 19.1. The van der Waals surface area contributed by atoms with Gasteiger partial charge in [-0.1, -0.05) is 22.9 Å². The summed E-state index contributed by atoms with van der Waals surface area (Å²) in [5, 5.41) is 12.3. The van der Waals surface area contributed by atoms with Crippen LogP contribution in [0.1, 0.15) is 11.1 Å². The Morgan fingerprint density at radius 3 is 2.48 bits per heavy atom. The summed E-state index contributed by atoms with van der Waals surface area (Å²) in [5.41, 5.74) is 3.10. The minimum Gasteiger partial charge on any atom is -0.324 e. The van der Waals surface area contributed by atoms with Gasteiger partial charge in [-0.3, -0.25) is 19.4 Å². The highest BCUT2D eigenvalue weighted by Gasteiger charge is 2.55. The average molecular weight is 412 g/mol. The highest BCUT2D eigenvalue weighted by molar-refractivity contribution is 6.30. The Balaban J connectivity index is 1.49. The van der Waals surface area contributed by atoms with Crippen molar-refractivity contribution in [1.29, 1.82) is 0 Å². The summed E-state index contributed by atoms with van der Waals surface area (Å²) in [5.74, 6) is -1.25. The number of imide groups is 1. The van der Waals surface area contributed by atoms with Gasteiger partial charge in [0.25, 0.3) is 11.8 Å². The van der Waals surface area contributed by atoms with E-state index in [-0.39, 0.29) is 12.5 Å². The molecule has 8 nitrogen and oxygen atoms in total. The fraction of sp³-hybridized carbons (Fsp3) is 0.250. The highest BCUT2D eigenvalue weighted by atomic mass is 35.5. The van der Waals surface area contributed by atoms with Gasteiger partial charge in [-0.2, -0.15) is 5.11 Å². The van der Waals surface area contributed by atoms with Crippen LogP contribution in [0.5, 0.6) is 0 Å². The van der Waals surface area contributed by atoms with Crippen LogP contribution in [-0.4, -0.2) is 41.4 Å². The summed E-state index contributed by atoms with van der Waals surface area (Å²) in [4.78, 5) is 39.2. The van der Waals surface area contributed by atoms with Gasteiger partial charge in [0.1, 0.15) is 6.54 Å². The van der Waals surface area contributed by atoms with Crippen LogP contribution in [0.4, 0.5) is 11.4 Å². The highest BCUT2D eigenvalue weighted by Crippen LogP contribution is 2.32. The largest absolute Gasteiger partial charge is 0.324 e. The Morgan fingerprint density at radius 1 is 1.07 bits per heavy atom. The molecule has 1 fully saturated rings. The summed E-state index contributed by atoms with van der Waals surface area (Å²) < 4.78 is 0. The number of benzene rings is 2. The van der Waals surface area contributed by atoms with E-state index >= 15 is 0 Å². The van der Waals surface area contributed by atoms with E-state index in [1.54, 1.807) is 36.4 Å². The van der Waals surface area contributed by atoms with Crippen LogP contribution in [0.2, 0.25) is 5.02 Å². The number of hydrogen-bond acceptors (Lipinski definition) is 6. The Labute approximate surface area is 172 Å². The van der Waals surface area contributed by atoms with E-state index in [0.717, 1.165) is 16.0 Å². The number of rotatable bonds is 4. The van der Waals surface area contributed by atoms with Crippen molar-refractivity contribution in [3.8, 4) is 0 Å². The number of anilines is 2. The van der Waals surface area contributed by atoms with Gasteiger partial charge in [0.05, 0.1) is 5.69 Å². The van der Waals surface area contributed by atoms with Crippen molar-refractivity contribution in [2.24, 2.45) is 10.3 Å². The summed E-state index contributed by atoms with van der Waals surface area (Å²) in [6.07, 6.45) is 0. The molecule has 1 N–H and O–H groups in total. The van der Waals surface area contributed by atoms with Crippen molar-refractivity contribution in [2.75, 3.05) is 16.8 Å². The molecule has 3 amide bonds. The van der Waals surface area contributed by atoms with E-state index < -0.39 is 23.9 Å². The Kier molecular flexibility index (Phi) is 4.79. The molecule has 0 bridgehead atoms. The molecule has 0 radical (unpaired) electrons. The average Bonchev–Trinajstić information content (AvgIpc) is 3.20. The normalized spacial score (nSPS) is 20.4. The maximum atomic E-state index is 13.0. The molecule has 2 aromatic carbocycles. The van der Waals surface area contributed by atoms with E-state index in [1.165, 1.54) is 5.01 Å². The predicted molar refractivity (Wildman–Crippen MR) is 108 cm³/mol. The zero-order valence-electron chi connectivity index (χ0n) is 15.8. The third kappa shape index (κ3) is 3.47. The first-order chi connectivity index (χ1) is 13.8. The maximum absolute atomic E-state index is 13.0. The molecule has 29 heavy (non-hydrogen) atoms. The van der Waals surface area contributed by atoms with Gasteiger partial charge in [0.2, 0.25) is 5.91 Å². The summed E-state index contributed by atoms with van der Waals surface area (Å²) in [7, 11) is 0. The van der Waals surface area contributed by atoms with E-state index in [2.05, 4.69) is 15.7 Å². The fourth-order valence-electron chi connectivity index (χ4n) is 3.35. The number of carbonyl (C=O) groups excluding carboxylic acids is 3. The number of carbonyl (C=O) groups is 3. The van der Waals surface area contributed by atoms with Crippen LogP contribution in [-0.2, 0) is 14.4 Å². The zero-order chi connectivity index (χ0) is 20.7. The summed E-state index contributed by atoms with van der Waals surface area (Å²) >= 11 is 5.84. The smallest absolute Gasteiger partial charge is 0.263 e. The molecule has 2 heterocycles. The molecule has 2 atom stereocenters. The summed E-state index contributed by atoms with van der Waals surface area (Å²) in [6.45, 7) is 3.67. The number of amides is 3. The molecule has 148 valence electrons. The third-order valence-corrected chi connectivity index (χ3v) is 5.29. The number of halogens is 1. The maximum Gasteiger partial charge on any atom is 0.263 e. The Bertz CT molecular complexity index is 1040. The van der Waals surface area contributed by atoms with Gasteiger partial charge < -0.3 is 5.32 Å². The SMILES string of the molecule is Cc1ccc(N2C(=O)[C@@H]3[C@@H](N=NN3CC(=O)Nc3ccc(Cl)cc3)C2=O)cc1C. The molecule has 2 aromatic rings. The van der Waals surface area contributed by atoms with Crippen molar-refractivity contribution < 1.29 is 14.4 Å². The van der Waals surface area contributed by atoms with Crippen molar-refractivity contribution in [2.45, 2.75) is 25.9 Å². The van der Waals surface area contributed by atoms with Crippen LogP contribution in [0.25, 0.3) is 0 Å². The Hall–Kier alpha value is -3.26. The molecular weight excluding hydrogens is 394 g/mol. The monoisotopic (exact) mass is 411 g/mol. The molecule has 2 aliphatic heterocycles. The topological polar surface area (TPSA) is 94.4 Å². The van der Waals surface area contributed by atoms with Crippen LogP contribution < -0.4 is 10.2 Å². The van der Waals surface area contributed by atoms with Gasteiger partial charge in [0, 0.05) is 10.7 Å². The third-order valence-electron chi connectivity index (χ3n) is 5.04. The van der Waals surface area contributed by atoms with Gasteiger partial charge in [-0.15, -0.1) is 0 Å². The second-order valence-corrected chi connectivity index (χ2v) is 7.46. The molecule has 0 aromatic heterocycles. The lowest BCUT2D eigenvalue weighted by atomic mass is 10.1. The molecular formula is C20H18ClN5O3.